The van der Waals surface area contributed by atoms with E-state index in [1.54, 1.807) is 0 Å². The third-order valence-corrected chi connectivity index (χ3v) is 10.7. The minimum absolute atomic E-state index is 0.412. The molecule has 0 bridgehead atoms. The van der Waals surface area contributed by atoms with Gasteiger partial charge in [0.2, 0.25) is 0 Å². The van der Waals surface area contributed by atoms with Gasteiger partial charge in [0.1, 0.15) is 11.5 Å². The summed E-state index contributed by atoms with van der Waals surface area (Å²) in [5.74, 6) is 1.85. The summed E-state index contributed by atoms with van der Waals surface area (Å²) in [5.41, 5.74) is 14.9. The molecule has 2 aliphatic carbocycles. The number of rotatable bonds is 1. The third kappa shape index (κ3) is 2.91. The minimum atomic E-state index is -0.412. The summed E-state index contributed by atoms with van der Waals surface area (Å²) in [4.78, 5) is 0. The van der Waals surface area contributed by atoms with Gasteiger partial charge in [-0.3, -0.25) is 0 Å². The predicted molar refractivity (Wildman–Crippen MR) is 189 cm³/mol. The van der Waals surface area contributed by atoms with Crippen molar-refractivity contribution in [3.63, 3.8) is 0 Å². The molecular formula is C45H26O. The van der Waals surface area contributed by atoms with Gasteiger partial charge in [-0.1, -0.05) is 127 Å². The van der Waals surface area contributed by atoms with E-state index in [4.69, 9.17) is 4.74 Å². The number of benzene rings is 8. The van der Waals surface area contributed by atoms with Crippen LogP contribution >= 0.6 is 0 Å². The zero-order valence-electron chi connectivity index (χ0n) is 24.9. The molecular weight excluding hydrogens is 556 g/mol. The summed E-state index contributed by atoms with van der Waals surface area (Å²) in [6.07, 6.45) is 0. The largest absolute Gasteiger partial charge is 0.455 e. The Morgan fingerprint density at radius 2 is 0.935 bits per heavy atom. The van der Waals surface area contributed by atoms with Gasteiger partial charge in [-0.15, -0.1) is 0 Å². The second-order valence-corrected chi connectivity index (χ2v) is 12.8. The molecule has 0 amide bonds. The lowest BCUT2D eigenvalue weighted by atomic mass is 9.70. The summed E-state index contributed by atoms with van der Waals surface area (Å²) in [6.45, 7) is 0. The van der Waals surface area contributed by atoms with Crippen molar-refractivity contribution >= 4 is 21.5 Å². The van der Waals surface area contributed by atoms with Crippen LogP contribution in [0.15, 0.2) is 158 Å². The molecule has 1 heterocycles. The Labute approximate surface area is 267 Å². The van der Waals surface area contributed by atoms with Crippen LogP contribution in [0.2, 0.25) is 0 Å². The Kier molecular flexibility index (Phi) is 4.57. The van der Waals surface area contributed by atoms with E-state index in [9.17, 15) is 0 Å². The van der Waals surface area contributed by atoms with E-state index in [0.29, 0.717) is 0 Å². The Balaban J connectivity index is 1.24. The van der Waals surface area contributed by atoms with Crippen LogP contribution in [0.3, 0.4) is 0 Å². The van der Waals surface area contributed by atoms with Crippen LogP contribution in [0.5, 0.6) is 11.5 Å². The van der Waals surface area contributed by atoms with E-state index in [2.05, 4.69) is 158 Å². The van der Waals surface area contributed by atoms with Crippen LogP contribution in [-0.4, -0.2) is 0 Å². The lowest BCUT2D eigenvalue weighted by molar-refractivity contribution is 0.489. The van der Waals surface area contributed by atoms with Gasteiger partial charge in [-0.05, 0) is 102 Å². The Morgan fingerprint density at radius 1 is 0.348 bits per heavy atom. The van der Waals surface area contributed by atoms with Crippen molar-refractivity contribution in [3.8, 4) is 56.0 Å². The Morgan fingerprint density at radius 3 is 1.74 bits per heavy atom. The van der Waals surface area contributed by atoms with Gasteiger partial charge in [-0.25, -0.2) is 0 Å². The minimum Gasteiger partial charge on any atom is -0.455 e. The molecule has 0 atom stereocenters. The van der Waals surface area contributed by atoms with E-state index < -0.39 is 5.41 Å². The van der Waals surface area contributed by atoms with Crippen molar-refractivity contribution in [2.24, 2.45) is 0 Å². The van der Waals surface area contributed by atoms with E-state index in [1.807, 2.05) is 0 Å². The van der Waals surface area contributed by atoms with E-state index in [1.165, 1.54) is 77.2 Å². The lowest BCUT2D eigenvalue weighted by Gasteiger charge is -2.31. The molecule has 1 aliphatic heterocycles. The van der Waals surface area contributed by atoms with Gasteiger partial charge in [-0.2, -0.15) is 0 Å². The van der Waals surface area contributed by atoms with Crippen LogP contribution in [0.1, 0.15) is 22.3 Å². The highest BCUT2D eigenvalue weighted by Crippen LogP contribution is 2.64. The van der Waals surface area contributed by atoms with Gasteiger partial charge < -0.3 is 4.74 Å². The monoisotopic (exact) mass is 582 g/mol. The highest BCUT2D eigenvalue weighted by molar-refractivity contribution is 6.08. The molecule has 3 aliphatic rings. The number of hydrogen-bond donors (Lipinski definition) is 0. The fourth-order valence-electron chi connectivity index (χ4n) is 8.78. The van der Waals surface area contributed by atoms with Crippen molar-refractivity contribution in [1.82, 2.24) is 0 Å². The fraction of sp³-hybridized carbons (Fsp3) is 0.0222. The molecule has 0 saturated carbocycles. The molecule has 0 N–H and O–H groups in total. The quantitative estimate of drug-likeness (QED) is 0.187. The molecule has 212 valence electrons. The smallest absolute Gasteiger partial charge is 0.143 e. The van der Waals surface area contributed by atoms with Gasteiger partial charge in [0, 0.05) is 16.5 Å². The van der Waals surface area contributed by atoms with Gasteiger partial charge >= 0.3 is 0 Å². The lowest BCUT2D eigenvalue weighted by Crippen LogP contribution is -2.25. The summed E-state index contributed by atoms with van der Waals surface area (Å²) < 4.78 is 6.80. The molecule has 0 radical (unpaired) electrons. The molecule has 8 aromatic carbocycles. The zero-order chi connectivity index (χ0) is 30.0. The molecule has 11 rings (SSSR count). The second kappa shape index (κ2) is 8.62. The van der Waals surface area contributed by atoms with Crippen LogP contribution in [0.25, 0.3) is 66.1 Å². The number of ether oxygens (including phenoxy) is 1. The van der Waals surface area contributed by atoms with Gasteiger partial charge in [0.15, 0.2) is 0 Å². The average molecular weight is 583 g/mol. The summed E-state index contributed by atoms with van der Waals surface area (Å²) in [5, 5.41) is 4.92. The van der Waals surface area contributed by atoms with Crippen molar-refractivity contribution in [2.75, 3.05) is 0 Å². The van der Waals surface area contributed by atoms with Crippen molar-refractivity contribution in [1.29, 1.82) is 0 Å². The van der Waals surface area contributed by atoms with E-state index in [-0.39, 0.29) is 0 Å². The third-order valence-electron chi connectivity index (χ3n) is 10.7. The summed E-state index contributed by atoms with van der Waals surface area (Å²) in [7, 11) is 0. The maximum atomic E-state index is 6.80. The maximum absolute atomic E-state index is 6.80. The maximum Gasteiger partial charge on any atom is 0.143 e. The summed E-state index contributed by atoms with van der Waals surface area (Å²) in [6, 6.07) is 58.3. The number of hydrogen-bond acceptors (Lipinski definition) is 1. The second-order valence-electron chi connectivity index (χ2n) is 12.8. The molecule has 1 spiro atoms. The first-order chi connectivity index (χ1) is 22.8. The average Bonchev–Trinajstić information content (AvgIpc) is 3.57. The van der Waals surface area contributed by atoms with Crippen LogP contribution in [0.4, 0.5) is 0 Å². The molecule has 0 saturated heterocycles. The van der Waals surface area contributed by atoms with E-state index >= 15 is 0 Å². The fourth-order valence-corrected chi connectivity index (χ4v) is 8.78. The van der Waals surface area contributed by atoms with Crippen molar-refractivity contribution < 1.29 is 4.74 Å². The van der Waals surface area contributed by atoms with Gasteiger partial charge in [0.25, 0.3) is 0 Å². The van der Waals surface area contributed by atoms with Crippen LogP contribution < -0.4 is 4.74 Å². The Hall–Kier alpha value is -5.92. The van der Waals surface area contributed by atoms with Crippen LogP contribution in [0, 0.1) is 0 Å². The first-order valence-corrected chi connectivity index (χ1v) is 16.0. The molecule has 1 nitrogen and oxygen atoms in total. The number of fused-ring (bicyclic) bond motifs is 13. The molecule has 1 heteroatoms. The van der Waals surface area contributed by atoms with Crippen LogP contribution in [-0.2, 0) is 5.41 Å². The molecule has 0 unspecified atom stereocenters. The number of para-hydroxylation sites is 1. The molecule has 0 aromatic heterocycles. The zero-order valence-corrected chi connectivity index (χ0v) is 24.9. The molecule has 8 aromatic rings. The normalized spacial score (nSPS) is 14.0. The SMILES string of the molecule is c1ccc2c(c1)Oc1c(-c3ccc4c(c3)C3(c5ccccc5-c5ccccc53)c3cc5ccccc5cc3-4)ccc3cccc-2c13. The Bertz CT molecular complexity index is 2580. The first kappa shape index (κ1) is 24.4. The standard InChI is InChI=1S/C45H26O/c1-2-11-29-25-41-37(24-28(29)10-1)34-23-21-30(26-40(34)45(41)38-17-6-3-13-32(38)33-14-4-7-18-39(33)45)31-22-20-27-12-9-16-36-35-15-5-8-19-42(35)46-44(31)43(27)36/h1-26H. The molecule has 46 heavy (non-hydrogen) atoms. The van der Waals surface area contributed by atoms with Crippen molar-refractivity contribution in [3.05, 3.63) is 180 Å². The predicted octanol–water partition coefficient (Wildman–Crippen LogP) is 11.8. The van der Waals surface area contributed by atoms with Gasteiger partial charge in [0.05, 0.1) is 5.41 Å². The van der Waals surface area contributed by atoms with E-state index in [0.717, 1.165) is 22.6 Å². The highest BCUT2D eigenvalue weighted by Gasteiger charge is 2.51. The topological polar surface area (TPSA) is 9.23 Å². The molecule has 0 fully saturated rings. The summed E-state index contributed by atoms with van der Waals surface area (Å²) >= 11 is 0. The first-order valence-electron chi connectivity index (χ1n) is 16.0. The van der Waals surface area contributed by atoms with Crippen molar-refractivity contribution in [2.45, 2.75) is 5.41 Å². The highest BCUT2D eigenvalue weighted by atomic mass is 16.5.